The second-order valence-electron chi connectivity index (χ2n) is 4.75. The maximum absolute atomic E-state index is 12.1. The van der Waals surface area contributed by atoms with E-state index >= 15 is 0 Å². The van der Waals surface area contributed by atoms with Crippen LogP contribution in [0.4, 0.5) is 0 Å². The molecule has 0 fully saturated rings. The lowest BCUT2D eigenvalue weighted by molar-refractivity contribution is -0.141. The first kappa shape index (κ1) is 21.9. The van der Waals surface area contributed by atoms with E-state index < -0.39 is 12.0 Å². The zero-order valence-corrected chi connectivity index (χ0v) is 15.5. The Bertz CT molecular complexity index is 495. The van der Waals surface area contributed by atoms with Gasteiger partial charge in [0.2, 0.25) is 5.91 Å². The van der Waals surface area contributed by atoms with Crippen molar-refractivity contribution in [3.63, 3.8) is 0 Å². The fraction of sp³-hybridized carbons (Fsp3) is 0.467. The Labute approximate surface area is 150 Å². The highest BCUT2D eigenvalue weighted by Gasteiger charge is 2.20. The van der Waals surface area contributed by atoms with E-state index in [2.05, 4.69) is 26.0 Å². The lowest BCUT2D eigenvalue weighted by Gasteiger charge is -2.20. The second-order valence-corrected chi connectivity index (χ2v) is 5.67. The number of nitrogens with one attached hydrogen (secondary N) is 1. The monoisotopic (exact) mass is 408 g/mol. The van der Waals surface area contributed by atoms with Gasteiger partial charge in [0, 0.05) is 18.1 Å². The maximum atomic E-state index is 12.1. The molecule has 0 bridgehead atoms. The van der Waals surface area contributed by atoms with Gasteiger partial charge in [-0.1, -0.05) is 28.1 Å². The van der Waals surface area contributed by atoms with Gasteiger partial charge >= 0.3 is 5.97 Å². The summed E-state index contributed by atoms with van der Waals surface area (Å²) in [6, 6.07) is 6.93. The molecule has 0 aliphatic carbocycles. The van der Waals surface area contributed by atoms with Crippen molar-refractivity contribution >= 4 is 40.2 Å². The van der Waals surface area contributed by atoms with Crippen molar-refractivity contribution in [2.24, 2.45) is 5.73 Å². The highest BCUT2D eigenvalue weighted by Crippen LogP contribution is 2.20. The third-order valence-corrected chi connectivity index (χ3v) is 3.74. The van der Waals surface area contributed by atoms with Crippen LogP contribution in [0.15, 0.2) is 28.7 Å². The minimum atomic E-state index is -0.455. The standard InChI is InChI=1S/C15H21BrN2O4.ClH/c1-21-12(9-17)7-14(19)18-13(8-15(20)22-2)10-3-5-11(16)6-4-10;/h3-6,12-13H,7-9,17H2,1-2H3,(H,18,19);1H. The van der Waals surface area contributed by atoms with E-state index in [1.165, 1.54) is 14.2 Å². The number of esters is 1. The zero-order valence-electron chi connectivity index (χ0n) is 13.1. The van der Waals surface area contributed by atoms with E-state index in [4.69, 9.17) is 10.5 Å². The van der Waals surface area contributed by atoms with Gasteiger partial charge in [0.25, 0.3) is 0 Å². The van der Waals surface area contributed by atoms with Crippen molar-refractivity contribution in [1.82, 2.24) is 5.32 Å². The van der Waals surface area contributed by atoms with Crippen LogP contribution in [0.1, 0.15) is 24.4 Å². The van der Waals surface area contributed by atoms with E-state index in [9.17, 15) is 9.59 Å². The number of carbonyl (C=O) groups is 2. The van der Waals surface area contributed by atoms with Gasteiger partial charge in [0.15, 0.2) is 0 Å². The number of methoxy groups -OCH3 is 2. The SMILES string of the molecule is COC(=O)CC(NC(=O)CC(CN)OC)c1ccc(Br)cc1.Cl. The summed E-state index contributed by atoms with van der Waals surface area (Å²) in [5.74, 6) is -0.621. The highest BCUT2D eigenvalue weighted by atomic mass is 79.9. The Morgan fingerprint density at radius 1 is 1.22 bits per heavy atom. The molecule has 2 atom stereocenters. The summed E-state index contributed by atoms with van der Waals surface area (Å²) >= 11 is 3.35. The minimum Gasteiger partial charge on any atom is -0.469 e. The predicted molar refractivity (Wildman–Crippen MR) is 93.4 cm³/mol. The molecule has 3 N–H and O–H groups in total. The molecule has 1 aromatic rings. The van der Waals surface area contributed by atoms with Gasteiger partial charge in [-0.25, -0.2) is 0 Å². The van der Waals surface area contributed by atoms with Crippen LogP contribution in [-0.4, -0.2) is 38.7 Å². The Kier molecular flexibility index (Phi) is 10.8. The average Bonchev–Trinajstić information content (AvgIpc) is 2.52. The number of rotatable bonds is 8. The lowest BCUT2D eigenvalue weighted by Crippen LogP contribution is -2.35. The number of ether oxygens (including phenoxy) is 2. The summed E-state index contributed by atoms with van der Waals surface area (Å²) < 4.78 is 10.7. The smallest absolute Gasteiger partial charge is 0.307 e. The number of amides is 1. The number of carbonyl (C=O) groups excluding carboxylic acids is 2. The molecule has 0 aromatic heterocycles. The number of hydrogen-bond acceptors (Lipinski definition) is 5. The molecule has 130 valence electrons. The fourth-order valence-corrected chi connectivity index (χ4v) is 2.18. The zero-order chi connectivity index (χ0) is 16.5. The van der Waals surface area contributed by atoms with Crippen LogP contribution in [0.5, 0.6) is 0 Å². The van der Waals surface area contributed by atoms with Crippen LogP contribution >= 0.6 is 28.3 Å². The molecular formula is C15H22BrClN2O4. The van der Waals surface area contributed by atoms with Crippen LogP contribution < -0.4 is 11.1 Å². The number of halogens is 2. The first-order valence-corrected chi connectivity index (χ1v) is 7.64. The number of hydrogen-bond donors (Lipinski definition) is 2. The van der Waals surface area contributed by atoms with Gasteiger partial charge < -0.3 is 20.5 Å². The van der Waals surface area contributed by atoms with Gasteiger partial charge in [-0.2, -0.15) is 0 Å². The molecule has 0 spiro atoms. The van der Waals surface area contributed by atoms with E-state index in [0.29, 0.717) is 0 Å². The molecule has 8 heteroatoms. The Hall–Kier alpha value is -1.15. The molecule has 23 heavy (non-hydrogen) atoms. The summed E-state index contributed by atoms with van der Waals surface area (Å²) in [7, 11) is 2.82. The largest absolute Gasteiger partial charge is 0.469 e. The molecule has 6 nitrogen and oxygen atoms in total. The Morgan fingerprint density at radius 2 is 1.83 bits per heavy atom. The van der Waals surface area contributed by atoms with Crippen LogP contribution in [0.2, 0.25) is 0 Å². The maximum Gasteiger partial charge on any atom is 0.307 e. The summed E-state index contributed by atoms with van der Waals surface area (Å²) in [4.78, 5) is 23.6. The minimum absolute atomic E-state index is 0. The summed E-state index contributed by atoms with van der Waals surface area (Å²) in [6.07, 6.45) is -0.144. The summed E-state index contributed by atoms with van der Waals surface area (Å²) in [5.41, 5.74) is 6.33. The van der Waals surface area contributed by atoms with Crippen molar-refractivity contribution in [2.45, 2.75) is 25.0 Å². The molecule has 2 unspecified atom stereocenters. The normalized spacial score (nSPS) is 12.7. The highest BCUT2D eigenvalue weighted by molar-refractivity contribution is 9.10. The van der Waals surface area contributed by atoms with E-state index in [1.54, 1.807) is 0 Å². The van der Waals surface area contributed by atoms with Crippen LogP contribution in [-0.2, 0) is 19.1 Å². The van der Waals surface area contributed by atoms with Crippen LogP contribution in [0, 0.1) is 0 Å². The van der Waals surface area contributed by atoms with Crippen molar-refractivity contribution in [1.29, 1.82) is 0 Å². The molecule has 1 aromatic carbocycles. The van der Waals surface area contributed by atoms with E-state index in [-0.39, 0.29) is 43.8 Å². The first-order valence-electron chi connectivity index (χ1n) is 6.84. The molecule has 1 rings (SSSR count). The van der Waals surface area contributed by atoms with Crippen molar-refractivity contribution in [3.05, 3.63) is 34.3 Å². The Morgan fingerprint density at radius 3 is 2.30 bits per heavy atom. The quantitative estimate of drug-likeness (QED) is 0.641. The van der Waals surface area contributed by atoms with Gasteiger partial charge in [-0.15, -0.1) is 12.4 Å². The number of nitrogens with two attached hydrogens (primary N) is 1. The average molecular weight is 410 g/mol. The second kappa shape index (κ2) is 11.4. The first-order chi connectivity index (χ1) is 10.5. The van der Waals surface area contributed by atoms with Gasteiger partial charge in [-0.05, 0) is 17.7 Å². The van der Waals surface area contributed by atoms with Crippen molar-refractivity contribution in [2.75, 3.05) is 20.8 Å². The van der Waals surface area contributed by atoms with Crippen molar-refractivity contribution in [3.8, 4) is 0 Å². The van der Waals surface area contributed by atoms with Gasteiger partial charge in [0.1, 0.15) is 0 Å². The van der Waals surface area contributed by atoms with Gasteiger partial charge in [0.05, 0.1) is 32.1 Å². The third-order valence-electron chi connectivity index (χ3n) is 3.22. The molecule has 1 amide bonds. The third kappa shape index (κ3) is 7.78. The van der Waals surface area contributed by atoms with Crippen LogP contribution in [0.25, 0.3) is 0 Å². The van der Waals surface area contributed by atoms with Gasteiger partial charge in [-0.3, -0.25) is 9.59 Å². The van der Waals surface area contributed by atoms with Crippen molar-refractivity contribution < 1.29 is 19.1 Å². The molecule has 0 saturated carbocycles. The lowest BCUT2D eigenvalue weighted by atomic mass is 10.0. The topological polar surface area (TPSA) is 90.7 Å². The van der Waals surface area contributed by atoms with Crippen LogP contribution in [0.3, 0.4) is 0 Å². The fourth-order valence-electron chi connectivity index (χ4n) is 1.92. The molecule has 0 aliphatic heterocycles. The molecular weight excluding hydrogens is 388 g/mol. The number of benzene rings is 1. The predicted octanol–water partition coefficient (Wildman–Crippen LogP) is 1.96. The van der Waals surface area contributed by atoms with E-state index in [1.807, 2.05) is 24.3 Å². The molecule has 0 saturated heterocycles. The molecule has 0 aliphatic rings. The van der Waals surface area contributed by atoms with E-state index in [0.717, 1.165) is 10.0 Å². The Balaban J connectivity index is 0.00000484. The summed E-state index contributed by atoms with van der Waals surface area (Å²) in [5, 5.41) is 2.83. The molecule has 0 heterocycles. The summed E-state index contributed by atoms with van der Waals surface area (Å²) in [6.45, 7) is 0.254. The molecule has 0 radical (unpaired) electrons.